The highest BCUT2D eigenvalue weighted by atomic mass is 32.1. The zero-order chi connectivity index (χ0) is 27.4. The van der Waals surface area contributed by atoms with Crippen molar-refractivity contribution in [2.45, 2.75) is 24.9 Å². The molecule has 2 fully saturated rings. The summed E-state index contributed by atoms with van der Waals surface area (Å²) in [6.07, 6.45) is 2.06. The molecule has 0 saturated carbocycles. The Morgan fingerprint density at radius 2 is 1.44 bits per heavy atom. The summed E-state index contributed by atoms with van der Waals surface area (Å²) in [5.74, 6) is 0.0236. The molecule has 3 aromatic rings. The minimum atomic E-state index is -0.411. The number of rotatable bonds is 7. The summed E-state index contributed by atoms with van der Waals surface area (Å²) in [6.45, 7) is 5.74. The maximum absolute atomic E-state index is 12.9. The van der Waals surface area contributed by atoms with E-state index in [2.05, 4.69) is 26.8 Å². The Morgan fingerprint density at radius 1 is 0.872 bits per heavy atom. The summed E-state index contributed by atoms with van der Waals surface area (Å²) >= 11 is 5.07. The number of carbonyl (C=O) groups is 1. The van der Waals surface area contributed by atoms with Crippen molar-refractivity contribution in [3.8, 4) is 16.9 Å². The first-order chi connectivity index (χ1) is 18.9. The predicted octanol–water partition coefficient (Wildman–Crippen LogP) is 4.19. The normalized spacial score (nSPS) is 18.0. The lowest BCUT2D eigenvalue weighted by Gasteiger charge is -2.44. The number of carbonyl (C=O) groups excluding carboxylic acids is 1. The lowest BCUT2D eigenvalue weighted by Crippen LogP contribution is -2.54. The van der Waals surface area contributed by atoms with Gasteiger partial charge in [0.15, 0.2) is 0 Å². The largest absolute Gasteiger partial charge is 0.508 e. The third kappa shape index (κ3) is 6.24. The van der Waals surface area contributed by atoms with Gasteiger partial charge in [0.05, 0.1) is 7.11 Å². The molecule has 0 amide bonds. The average Bonchev–Trinajstić information content (AvgIpc) is 2.98. The standard InChI is InChI=1S/C31H36N4O3S/c1-38-31(37)29(24-4-2-22(3-5-24)23-8-12-28(36)13-9-23)35-16-14-27(15-17-35)34-20-18-33(19-21-34)26-10-6-25(7-11-26)30(32)39/h2-13,27,29,36H,14-21H2,1H3,(H2,32,39). The van der Waals surface area contributed by atoms with Gasteiger partial charge < -0.3 is 20.5 Å². The Labute approximate surface area is 235 Å². The molecule has 5 rings (SSSR count). The van der Waals surface area contributed by atoms with Crippen LogP contribution in [0.1, 0.15) is 30.0 Å². The number of aromatic hydroxyl groups is 1. The van der Waals surface area contributed by atoms with E-state index in [1.807, 2.05) is 48.5 Å². The highest BCUT2D eigenvalue weighted by molar-refractivity contribution is 7.80. The van der Waals surface area contributed by atoms with Gasteiger partial charge in [0, 0.05) is 56.6 Å². The zero-order valence-corrected chi connectivity index (χ0v) is 23.1. The highest BCUT2D eigenvalue weighted by Gasteiger charge is 2.34. The molecule has 2 saturated heterocycles. The van der Waals surface area contributed by atoms with Gasteiger partial charge in [-0.1, -0.05) is 48.6 Å². The van der Waals surface area contributed by atoms with Gasteiger partial charge in [-0.25, -0.2) is 4.79 Å². The van der Waals surface area contributed by atoms with E-state index in [9.17, 15) is 9.90 Å². The molecule has 39 heavy (non-hydrogen) atoms. The van der Waals surface area contributed by atoms with Gasteiger partial charge in [-0.3, -0.25) is 9.80 Å². The number of hydrogen-bond donors (Lipinski definition) is 2. The van der Waals surface area contributed by atoms with Crippen LogP contribution in [0, 0.1) is 0 Å². The molecule has 2 heterocycles. The molecule has 0 aliphatic carbocycles. The smallest absolute Gasteiger partial charge is 0.327 e. The number of esters is 1. The first-order valence-electron chi connectivity index (χ1n) is 13.5. The number of phenolic OH excluding ortho intramolecular Hbond substituents is 1. The van der Waals surface area contributed by atoms with Crippen LogP contribution in [0.25, 0.3) is 11.1 Å². The van der Waals surface area contributed by atoms with Crippen LogP contribution >= 0.6 is 12.2 Å². The lowest BCUT2D eigenvalue weighted by atomic mass is 9.96. The Bertz CT molecular complexity index is 1260. The Hall–Kier alpha value is -3.46. The minimum absolute atomic E-state index is 0.221. The Balaban J connectivity index is 1.18. The summed E-state index contributed by atoms with van der Waals surface area (Å²) in [4.78, 5) is 20.6. The molecule has 0 radical (unpaired) electrons. The maximum atomic E-state index is 12.9. The summed E-state index contributed by atoms with van der Waals surface area (Å²) < 4.78 is 5.23. The second kappa shape index (κ2) is 12.2. The number of ether oxygens (including phenoxy) is 1. The zero-order valence-electron chi connectivity index (χ0n) is 22.3. The van der Waals surface area contributed by atoms with Gasteiger partial charge in [-0.05, 0) is 65.9 Å². The molecule has 0 bridgehead atoms. The van der Waals surface area contributed by atoms with Crippen molar-refractivity contribution in [1.82, 2.24) is 9.80 Å². The molecule has 7 nitrogen and oxygen atoms in total. The van der Waals surface area contributed by atoms with E-state index in [1.165, 1.54) is 12.8 Å². The van der Waals surface area contributed by atoms with E-state index in [0.717, 1.165) is 74.4 Å². The van der Waals surface area contributed by atoms with Crippen LogP contribution in [0.5, 0.6) is 5.75 Å². The van der Waals surface area contributed by atoms with Gasteiger partial charge in [0.25, 0.3) is 0 Å². The summed E-state index contributed by atoms with van der Waals surface area (Å²) in [6, 6.07) is 23.5. The monoisotopic (exact) mass is 544 g/mol. The van der Waals surface area contributed by atoms with Gasteiger partial charge in [-0.15, -0.1) is 0 Å². The van der Waals surface area contributed by atoms with Gasteiger partial charge in [-0.2, -0.15) is 0 Å². The maximum Gasteiger partial charge on any atom is 0.327 e. The molecule has 0 spiro atoms. The van der Waals surface area contributed by atoms with Crippen molar-refractivity contribution in [2.75, 3.05) is 51.3 Å². The molecule has 3 aromatic carbocycles. The van der Waals surface area contributed by atoms with Crippen LogP contribution in [-0.2, 0) is 9.53 Å². The van der Waals surface area contributed by atoms with Crippen LogP contribution in [-0.4, -0.2) is 78.3 Å². The fourth-order valence-electron chi connectivity index (χ4n) is 5.81. The van der Waals surface area contributed by atoms with Crippen LogP contribution in [0.2, 0.25) is 0 Å². The fourth-order valence-corrected chi connectivity index (χ4v) is 5.95. The number of thiocarbonyl (C=S) groups is 1. The molecular weight excluding hydrogens is 508 g/mol. The third-order valence-electron chi connectivity index (χ3n) is 8.06. The van der Waals surface area contributed by atoms with Crippen molar-refractivity contribution >= 4 is 28.9 Å². The third-order valence-corrected chi connectivity index (χ3v) is 8.30. The first-order valence-corrected chi connectivity index (χ1v) is 13.9. The second-order valence-corrected chi connectivity index (χ2v) is 10.7. The van der Waals surface area contributed by atoms with Crippen molar-refractivity contribution in [3.05, 3.63) is 83.9 Å². The number of anilines is 1. The van der Waals surface area contributed by atoms with Crippen molar-refractivity contribution in [2.24, 2.45) is 5.73 Å². The van der Waals surface area contributed by atoms with Crippen LogP contribution in [0.3, 0.4) is 0 Å². The number of nitrogens with zero attached hydrogens (tertiary/aromatic N) is 3. The number of piperazine rings is 1. The minimum Gasteiger partial charge on any atom is -0.508 e. The number of hydrogen-bond acceptors (Lipinski definition) is 7. The first kappa shape index (κ1) is 27.1. The fraction of sp³-hybridized carbons (Fsp3) is 0.355. The molecule has 0 aromatic heterocycles. The van der Waals surface area contributed by atoms with E-state index < -0.39 is 6.04 Å². The van der Waals surface area contributed by atoms with E-state index in [4.69, 9.17) is 22.7 Å². The number of benzene rings is 3. The summed E-state index contributed by atoms with van der Waals surface area (Å²) in [5, 5.41) is 9.57. The number of piperidine rings is 1. The number of phenols is 1. The Kier molecular flexibility index (Phi) is 8.45. The lowest BCUT2D eigenvalue weighted by molar-refractivity contribution is -0.148. The van der Waals surface area contributed by atoms with Crippen molar-refractivity contribution < 1.29 is 14.6 Å². The van der Waals surface area contributed by atoms with Gasteiger partial charge in [0.1, 0.15) is 16.8 Å². The second-order valence-electron chi connectivity index (χ2n) is 10.3. The summed E-state index contributed by atoms with van der Waals surface area (Å²) in [7, 11) is 1.46. The molecular formula is C31H36N4O3S. The average molecular weight is 545 g/mol. The van der Waals surface area contributed by atoms with Gasteiger partial charge >= 0.3 is 5.97 Å². The van der Waals surface area contributed by atoms with Crippen LogP contribution in [0.4, 0.5) is 5.69 Å². The van der Waals surface area contributed by atoms with Crippen LogP contribution < -0.4 is 10.6 Å². The molecule has 1 atom stereocenters. The predicted molar refractivity (Wildman–Crippen MR) is 159 cm³/mol. The molecule has 2 aliphatic heterocycles. The van der Waals surface area contributed by atoms with Gasteiger partial charge in [0.2, 0.25) is 0 Å². The molecule has 204 valence electrons. The van der Waals surface area contributed by atoms with E-state index >= 15 is 0 Å². The molecule has 1 unspecified atom stereocenters. The number of methoxy groups -OCH3 is 1. The molecule has 2 aliphatic rings. The Morgan fingerprint density at radius 3 is 1.97 bits per heavy atom. The number of likely N-dealkylation sites (tertiary alicyclic amines) is 1. The van der Waals surface area contributed by atoms with E-state index in [-0.39, 0.29) is 11.7 Å². The van der Waals surface area contributed by atoms with Crippen LogP contribution in [0.15, 0.2) is 72.8 Å². The quantitative estimate of drug-likeness (QED) is 0.339. The van der Waals surface area contributed by atoms with Crippen molar-refractivity contribution in [1.29, 1.82) is 0 Å². The summed E-state index contributed by atoms with van der Waals surface area (Å²) in [5.41, 5.74) is 10.8. The van der Waals surface area contributed by atoms with Crippen molar-refractivity contribution in [3.63, 3.8) is 0 Å². The number of nitrogens with two attached hydrogens (primary N) is 1. The highest BCUT2D eigenvalue weighted by Crippen LogP contribution is 2.30. The molecule has 8 heteroatoms. The van der Waals surface area contributed by atoms with E-state index in [0.29, 0.717) is 11.0 Å². The topological polar surface area (TPSA) is 82.3 Å². The SMILES string of the molecule is COC(=O)C(c1ccc(-c2ccc(O)cc2)cc1)N1CCC(N2CCN(c3ccc(C(N)=S)cc3)CC2)CC1. The van der Waals surface area contributed by atoms with E-state index in [1.54, 1.807) is 12.1 Å². The molecule has 3 N–H and O–H groups in total.